The van der Waals surface area contributed by atoms with Gasteiger partial charge in [0.15, 0.2) is 0 Å². The fraction of sp³-hybridized carbons (Fsp3) is 0.333. The largest absolute Gasteiger partial charge is 0.261 e. The quantitative estimate of drug-likeness (QED) is 0.499. The van der Waals surface area contributed by atoms with Crippen LogP contribution in [0.25, 0.3) is 0 Å². The first kappa shape index (κ1) is 9.00. The Balaban J connectivity index is 2.28. The molecule has 0 aromatic heterocycles. The van der Waals surface area contributed by atoms with Gasteiger partial charge in [-0.1, -0.05) is 30.3 Å². The van der Waals surface area contributed by atoms with Gasteiger partial charge in [0, 0.05) is 29.4 Å². The third-order valence-corrected chi connectivity index (χ3v) is 2.12. The maximum atomic E-state index is 3.11. The lowest BCUT2D eigenvalue weighted by Gasteiger charge is -1.98. The van der Waals surface area contributed by atoms with Crippen molar-refractivity contribution in [2.75, 3.05) is 6.54 Å². The van der Waals surface area contributed by atoms with Gasteiger partial charge in [0.1, 0.15) is 0 Å². The molecular weight excluding hydrogens is 249 g/mol. The fourth-order valence-corrected chi connectivity index (χ4v) is 1.39. The standard InChI is InChI=1S/C9H12IN/c10-11-8-4-7-9-5-2-1-3-6-9/h1-3,5-6,11H,4,7-8H2. The summed E-state index contributed by atoms with van der Waals surface area (Å²) in [5.74, 6) is 0. The van der Waals surface area contributed by atoms with Crippen LogP contribution in [0.4, 0.5) is 0 Å². The van der Waals surface area contributed by atoms with Crippen molar-refractivity contribution in [2.45, 2.75) is 12.8 Å². The van der Waals surface area contributed by atoms with Crippen molar-refractivity contribution in [1.82, 2.24) is 3.53 Å². The molecule has 0 heterocycles. The van der Waals surface area contributed by atoms with Crippen LogP contribution in [-0.4, -0.2) is 6.54 Å². The molecule has 1 rings (SSSR count). The minimum absolute atomic E-state index is 1.09. The Morgan fingerprint density at radius 3 is 2.55 bits per heavy atom. The Kier molecular flexibility index (Phi) is 4.54. The zero-order valence-electron chi connectivity index (χ0n) is 6.39. The van der Waals surface area contributed by atoms with E-state index in [1.165, 1.54) is 18.4 Å². The van der Waals surface area contributed by atoms with E-state index in [1.807, 2.05) is 0 Å². The number of hydrogen-bond donors (Lipinski definition) is 1. The van der Waals surface area contributed by atoms with Crippen LogP contribution in [0.15, 0.2) is 30.3 Å². The number of benzene rings is 1. The van der Waals surface area contributed by atoms with Gasteiger partial charge in [0.05, 0.1) is 0 Å². The molecule has 0 saturated heterocycles. The van der Waals surface area contributed by atoms with Crippen LogP contribution in [-0.2, 0) is 6.42 Å². The topological polar surface area (TPSA) is 12.0 Å². The Hall–Kier alpha value is -0.0900. The lowest BCUT2D eigenvalue weighted by atomic mass is 10.1. The van der Waals surface area contributed by atoms with E-state index in [1.54, 1.807) is 0 Å². The van der Waals surface area contributed by atoms with E-state index in [0.29, 0.717) is 0 Å². The molecule has 0 radical (unpaired) electrons. The molecule has 11 heavy (non-hydrogen) atoms. The normalized spacial score (nSPS) is 9.91. The van der Waals surface area contributed by atoms with Gasteiger partial charge in [-0.05, 0) is 18.4 Å². The molecule has 0 aliphatic carbocycles. The molecule has 0 saturated carbocycles. The molecule has 0 unspecified atom stereocenters. The summed E-state index contributed by atoms with van der Waals surface area (Å²) in [5, 5.41) is 0. The SMILES string of the molecule is INCCCc1ccccc1. The van der Waals surface area contributed by atoms with Crippen LogP contribution < -0.4 is 3.53 Å². The average Bonchev–Trinajstić information content (AvgIpc) is 2.07. The maximum Gasteiger partial charge on any atom is 0.0169 e. The second-order valence-electron chi connectivity index (χ2n) is 2.47. The predicted octanol–water partition coefficient (Wildman–Crippen LogP) is 2.56. The number of hydrogen-bond acceptors (Lipinski definition) is 1. The van der Waals surface area contributed by atoms with E-state index in [4.69, 9.17) is 0 Å². The maximum absolute atomic E-state index is 3.11. The second-order valence-corrected chi connectivity index (χ2v) is 3.24. The highest BCUT2D eigenvalue weighted by molar-refractivity contribution is 14.1. The molecule has 0 aliphatic rings. The molecule has 0 bridgehead atoms. The average molecular weight is 261 g/mol. The van der Waals surface area contributed by atoms with Crippen molar-refractivity contribution < 1.29 is 0 Å². The zero-order valence-corrected chi connectivity index (χ0v) is 8.54. The molecule has 60 valence electrons. The molecule has 0 aliphatic heterocycles. The summed E-state index contributed by atoms with van der Waals surface area (Å²) in [6.07, 6.45) is 2.39. The Morgan fingerprint density at radius 1 is 1.18 bits per heavy atom. The second kappa shape index (κ2) is 5.55. The molecule has 0 fully saturated rings. The van der Waals surface area contributed by atoms with Crippen LogP contribution >= 0.6 is 22.9 Å². The van der Waals surface area contributed by atoms with Crippen molar-refractivity contribution in [3.05, 3.63) is 35.9 Å². The molecule has 0 spiro atoms. The van der Waals surface area contributed by atoms with Crippen LogP contribution in [0.5, 0.6) is 0 Å². The first-order valence-corrected chi connectivity index (χ1v) is 4.89. The van der Waals surface area contributed by atoms with E-state index >= 15 is 0 Å². The van der Waals surface area contributed by atoms with Crippen molar-refractivity contribution >= 4 is 22.9 Å². The third-order valence-electron chi connectivity index (χ3n) is 1.58. The van der Waals surface area contributed by atoms with Crippen molar-refractivity contribution in [1.29, 1.82) is 0 Å². The van der Waals surface area contributed by atoms with E-state index in [2.05, 4.69) is 56.7 Å². The fourth-order valence-electron chi connectivity index (χ4n) is 1.00. The first-order valence-electron chi connectivity index (χ1n) is 3.81. The van der Waals surface area contributed by atoms with Crippen LogP contribution in [0.1, 0.15) is 12.0 Å². The zero-order chi connectivity index (χ0) is 7.94. The summed E-state index contributed by atoms with van der Waals surface area (Å²) < 4.78 is 3.11. The molecular formula is C9H12IN. The molecule has 1 N–H and O–H groups in total. The monoisotopic (exact) mass is 261 g/mol. The van der Waals surface area contributed by atoms with E-state index < -0.39 is 0 Å². The predicted molar refractivity (Wildman–Crippen MR) is 56.8 cm³/mol. The number of halogens is 1. The summed E-state index contributed by atoms with van der Waals surface area (Å²) in [5.41, 5.74) is 1.43. The number of rotatable bonds is 4. The Bertz CT molecular complexity index is 186. The van der Waals surface area contributed by atoms with Gasteiger partial charge < -0.3 is 0 Å². The molecule has 1 nitrogen and oxygen atoms in total. The molecule has 2 heteroatoms. The highest BCUT2D eigenvalue weighted by atomic mass is 127. The van der Waals surface area contributed by atoms with E-state index in [0.717, 1.165) is 6.54 Å². The summed E-state index contributed by atoms with van der Waals surface area (Å²) in [4.78, 5) is 0. The summed E-state index contributed by atoms with van der Waals surface area (Å²) in [6, 6.07) is 10.6. The van der Waals surface area contributed by atoms with Crippen LogP contribution in [0, 0.1) is 0 Å². The Labute approximate surface area is 81.7 Å². The minimum atomic E-state index is 1.09. The lowest BCUT2D eigenvalue weighted by Crippen LogP contribution is -2.00. The van der Waals surface area contributed by atoms with Gasteiger partial charge >= 0.3 is 0 Å². The first-order chi connectivity index (χ1) is 5.43. The summed E-state index contributed by atoms with van der Waals surface area (Å²) >= 11 is 2.18. The van der Waals surface area contributed by atoms with Crippen molar-refractivity contribution in [3.63, 3.8) is 0 Å². The van der Waals surface area contributed by atoms with Gasteiger partial charge in [-0.3, -0.25) is 3.53 Å². The molecule has 0 atom stereocenters. The smallest absolute Gasteiger partial charge is 0.0169 e. The number of aryl methyl sites for hydroxylation is 1. The van der Waals surface area contributed by atoms with Crippen LogP contribution in [0.2, 0.25) is 0 Å². The highest BCUT2D eigenvalue weighted by Crippen LogP contribution is 2.01. The summed E-state index contributed by atoms with van der Waals surface area (Å²) in [6.45, 7) is 1.09. The van der Waals surface area contributed by atoms with Gasteiger partial charge in [0.25, 0.3) is 0 Å². The van der Waals surface area contributed by atoms with E-state index in [9.17, 15) is 0 Å². The lowest BCUT2D eigenvalue weighted by molar-refractivity contribution is 0.812. The van der Waals surface area contributed by atoms with Crippen molar-refractivity contribution in [2.24, 2.45) is 0 Å². The summed E-state index contributed by atoms with van der Waals surface area (Å²) in [7, 11) is 0. The van der Waals surface area contributed by atoms with Gasteiger partial charge in [0.2, 0.25) is 0 Å². The van der Waals surface area contributed by atoms with E-state index in [-0.39, 0.29) is 0 Å². The molecule has 0 amide bonds. The molecule has 1 aromatic rings. The molecule has 1 aromatic carbocycles. The number of nitrogens with one attached hydrogen (secondary N) is 1. The van der Waals surface area contributed by atoms with Gasteiger partial charge in [-0.2, -0.15) is 0 Å². The third kappa shape index (κ3) is 3.72. The van der Waals surface area contributed by atoms with Crippen LogP contribution in [0.3, 0.4) is 0 Å². The highest BCUT2D eigenvalue weighted by Gasteiger charge is 1.89. The Morgan fingerprint density at radius 2 is 1.91 bits per heavy atom. The minimum Gasteiger partial charge on any atom is -0.261 e. The van der Waals surface area contributed by atoms with Gasteiger partial charge in [-0.25, -0.2) is 0 Å². The van der Waals surface area contributed by atoms with Gasteiger partial charge in [-0.15, -0.1) is 0 Å². The van der Waals surface area contributed by atoms with Crippen molar-refractivity contribution in [3.8, 4) is 0 Å².